The van der Waals surface area contributed by atoms with Crippen molar-refractivity contribution in [1.29, 1.82) is 0 Å². The van der Waals surface area contributed by atoms with Crippen LogP contribution in [0.5, 0.6) is 11.5 Å². The lowest BCUT2D eigenvalue weighted by molar-refractivity contribution is -0.116. The summed E-state index contributed by atoms with van der Waals surface area (Å²) in [7, 11) is 0. The fourth-order valence-corrected chi connectivity index (χ4v) is 3.51. The Morgan fingerprint density at radius 2 is 1.76 bits per heavy atom. The Labute approximate surface area is 157 Å². The average Bonchev–Trinajstić information content (AvgIpc) is 2.58. The van der Waals surface area contributed by atoms with Gasteiger partial charge in [-0.1, -0.05) is 35.3 Å². The molecule has 132 valence electrons. The molecule has 6 heteroatoms. The molecule has 2 aromatic carbocycles. The van der Waals surface area contributed by atoms with E-state index >= 15 is 0 Å². The Balaban J connectivity index is 2.14. The van der Waals surface area contributed by atoms with E-state index in [1.54, 1.807) is 6.07 Å². The van der Waals surface area contributed by atoms with Crippen molar-refractivity contribution in [1.82, 2.24) is 0 Å². The third-order valence-corrected chi connectivity index (χ3v) is 4.94. The van der Waals surface area contributed by atoms with Crippen molar-refractivity contribution in [2.24, 2.45) is 0 Å². The minimum atomic E-state index is -0.190. The van der Waals surface area contributed by atoms with E-state index in [-0.39, 0.29) is 11.8 Å². The molecule has 0 radical (unpaired) electrons. The number of hydrogen-bond acceptors (Lipinski definition) is 3. The second-order valence-electron chi connectivity index (χ2n) is 5.70. The van der Waals surface area contributed by atoms with Crippen LogP contribution in [0.1, 0.15) is 37.3 Å². The molecule has 4 nitrogen and oxygen atoms in total. The molecule has 1 atom stereocenters. The number of rotatable bonds is 5. The maximum atomic E-state index is 12.2. The SMILES string of the molecule is CCOc1cc2c(cc1OCC)[C@H](c1cccc(Cl)c1Cl)CC(=O)N2. The molecule has 0 spiro atoms. The Hall–Kier alpha value is -1.91. The monoisotopic (exact) mass is 379 g/mol. The van der Waals surface area contributed by atoms with Gasteiger partial charge in [0.15, 0.2) is 11.5 Å². The zero-order chi connectivity index (χ0) is 18.0. The van der Waals surface area contributed by atoms with Crippen LogP contribution in [0.2, 0.25) is 10.0 Å². The van der Waals surface area contributed by atoms with Crippen LogP contribution in [0.4, 0.5) is 5.69 Å². The summed E-state index contributed by atoms with van der Waals surface area (Å²) in [5.41, 5.74) is 2.48. The number of ether oxygens (including phenoxy) is 2. The number of hydrogen-bond donors (Lipinski definition) is 1. The highest BCUT2D eigenvalue weighted by molar-refractivity contribution is 6.42. The number of carbonyl (C=O) groups excluding carboxylic acids is 1. The van der Waals surface area contributed by atoms with Gasteiger partial charge < -0.3 is 14.8 Å². The molecule has 0 unspecified atom stereocenters. The van der Waals surface area contributed by atoms with Crippen molar-refractivity contribution in [3.05, 3.63) is 51.5 Å². The van der Waals surface area contributed by atoms with Gasteiger partial charge in [-0.25, -0.2) is 0 Å². The van der Waals surface area contributed by atoms with Gasteiger partial charge in [0.25, 0.3) is 0 Å². The minimum absolute atomic E-state index is 0.0693. The van der Waals surface area contributed by atoms with Gasteiger partial charge in [0.2, 0.25) is 5.91 Å². The van der Waals surface area contributed by atoms with Crippen LogP contribution in [0.3, 0.4) is 0 Å². The Kier molecular flexibility index (Phi) is 5.40. The van der Waals surface area contributed by atoms with E-state index in [0.29, 0.717) is 46.9 Å². The zero-order valence-electron chi connectivity index (χ0n) is 14.1. The van der Waals surface area contributed by atoms with Gasteiger partial charge in [0.05, 0.1) is 23.3 Å². The highest BCUT2D eigenvalue weighted by Crippen LogP contribution is 2.45. The van der Waals surface area contributed by atoms with E-state index in [2.05, 4.69) is 5.32 Å². The third-order valence-electron chi connectivity index (χ3n) is 4.11. The smallest absolute Gasteiger partial charge is 0.225 e. The number of halogens is 2. The van der Waals surface area contributed by atoms with Crippen molar-refractivity contribution < 1.29 is 14.3 Å². The highest BCUT2D eigenvalue weighted by atomic mass is 35.5. The summed E-state index contributed by atoms with van der Waals surface area (Å²) in [5, 5.41) is 3.86. The first-order chi connectivity index (χ1) is 12.0. The van der Waals surface area contributed by atoms with E-state index in [1.165, 1.54) is 0 Å². The summed E-state index contributed by atoms with van der Waals surface area (Å²) in [6.07, 6.45) is 0.298. The highest BCUT2D eigenvalue weighted by Gasteiger charge is 2.30. The lowest BCUT2D eigenvalue weighted by Gasteiger charge is -2.28. The summed E-state index contributed by atoms with van der Waals surface area (Å²) in [4.78, 5) is 12.2. The summed E-state index contributed by atoms with van der Waals surface area (Å²) in [6.45, 7) is 4.86. The topological polar surface area (TPSA) is 47.6 Å². The summed E-state index contributed by atoms with van der Waals surface area (Å²) in [5.74, 6) is 1.01. The van der Waals surface area contributed by atoms with Crippen LogP contribution >= 0.6 is 23.2 Å². The first kappa shape index (κ1) is 17.9. The third kappa shape index (κ3) is 3.55. The standard InChI is InChI=1S/C19H19Cl2NO3/c1-3-24-16-8-13-12(11-6-5-7-14(20)19(11)21)9-18(23)22-15(13)10-17(16)25-4-2/h5-8,10,12H,3-4,9H2,1-2H3,(H,22,23)/t12-/m0/s1. The summed E-state index contributed by atoms with van der Waals surface area (Å²) in [6, 6.07) is 9.21. The second-order valence-corrected chi connectivity index (χ2v) is 6.49. The molecule has 0 saturated heterocycles. The van der Waals surface area contributed by atoms with Crippen molar-refractivity contribution >= 4 is 34.8 Å². The van der Waals surface area contributed by atoms with Gasteiger partial charge in [0, 0.05) is 24.1 Å². The van der Waals surface area contributed by atoms with E-state index < -0.39 is 0 Å². The molecule has 1 aliphatic heterocycles. The fraction of sp³-hybridized carbons (Fsp3) is 0.316. The van der Waals surface area contributed by atoms with Crippen molar-refractivity contribution in [2.45, 2.75) is 26.2 Å². The quantitative estimate of drug-likeness (QED) is 0.769. The predicted molar refractivity (Wildman–Crippen MR) is 100 cm³/mol. The molecular formula is C19H19Cl2NO3. The maximum Gasteiger partial charge on any atom is 0.225 e. The van der Waals surface area contributed by atoms with Crippen LogP contribution in [0.15, 0.2) is 30.3 Å². The summed E-state index contributed by atoms with van der Waals surface area (Å²) >= 11 is 12.6. The van der Waals surface area contributed by atoms with Crippen LogP contribution in [0, 0.1) is 0 Å². The van der Waals surface area contributed by atoms with Crippen LogP contribution in [0.25, 0.3) is 0 Å². The van der Waals surface area contributed by atoms with Crippen molar-refractivity contribution in [3.63, 3.8) is 0 Å². The molecule has 3 rings (SSSR count). The first-order valence-electron chi connectivity index (χ1n) is 8.22. The number of benzene rings is 2. The van der Waals surface area contributed by atoms with Gasteiger partial charge in [-0.15, -0.1) is 0 Å². The molecule has 2 aromatic rings. The number of carbonyl (C=O) groups is 1. The Bertz CT molecular complexity index is 807. The average molecular weight is 380 g/mol. The van der Waals surface area contributed by atoms with Gasteiger partial charge in [-0.2, -0.15) is 0 Å². The Morgan fingerprint density at radius 1 is 1.08 bits per heavy atom. The van der Waals surface area contributed by atoms with E-state index in [1.807, 2.05) is 38.1 Å². The number of nitrogens with one attached hydrogen (secondary N) is 1. The molecule has 0 fully saturated rings. The van der Waals surface area contributed by atoms with E-state index in [4.69, 9.17) is 32.7 Å². The van der Waals surface area contributed by atoms with Gasteiger partial charge in [0.1, 0.15) is 0 Å². The van der Waals surface area contributed by atoms with Gasteiger partial charge in [-0.05, 0) is 37.1 Å². The molecule has 1 N–H and O–H groups in total. The van der Waals surface area contributed by atoms with Crippen molar-refractivity contribution in [3.8, 4) is 11.5 Å². The van der Waals surface area contributed by atoms with Crippen LogP contribution in [-0.2, 0) is 4.79 Å². The first-order valence-corrected chi connectivity index (χ1v) is 8.98. The maximum absolute atomic E-state index is 12.2. The molecule has 1 heterocycles. The lowest BCUT2D eigenvalue weighted by atomic mass is 9.84. The predicted octanol–water partition coefficient (Wildman–Crippen LogP) is 5.26. The molecule has 1 aliphatic rings. The van der Waals surface area contributed by atoms with Crippen LogP contribution < -0.4 is 14.8 Å². The minimum Gasteiger partial charge on any atom is -0.490 e. The molecular weight excluding hydrogens is 361 g/mol. The second kappa shape index (κ2) is 7.54. The lowest BCUT2D eigenvalue weighted by Crippen LogP contribution is -2.24. The number of amides is 1. The van der Waals surface area contributed by atoms with E-state index in [9.17, 15) is 4.79 Å². The van der Waals surface area contributed by atoms with Gasteiger partial charge >= 0.3 is 0 Å². The zero-order valence-corrected chi connectivity index (χ0v) is 15.6. The fourth-order valence-electron chi connectivity index (χ4n) is 3.07. The normalized spacial score (nSPS) is 16.2. The molecule has 0 aliphatic carbocycles. The van der Waals surface area contributed by atoms with Crippen molar-refractivity contribution in [2.75, 3.05) is 18.5 Å². The number of fused-ring (bicyclic) bond motifs is 1. The molecule has 0 bridgehead atoms. The summed E-state index contributed by atoms with van der Waals surface area (Å²) < 4.78 is 11.4. The van der Waals surface area contributed by atoms with Crippen LogP contribution in [-0.4, -0.2) is 19.1 Å². The number of anilines is 1. The molecule has 1 amide bonds. The van der Waals surface area contributed by atoms with E-state index in [0.717, 1.165) is 11.1 Å². The van der Waals surface area contributed by atoms with Gasteiger partial charge in [-0.3, -0.25) is 4.79 Å². The largest absolute Gasteiger partial charge is 0.490 e. The Morgan fingerprint density at radius 3 is 2.44 bits per heavy atom. The molecule has 25 heavy (non-hydrogen) atoms. The molecule has 0 saturated carbocycles. The molecule has 0 aromatic heterocycles.